The molecule has 0 spiro atoms. The van der Waals surface area contributed by atoms with Gasteiger partial charge in [0, 0.05) is 11.6 Å². The second-order valence-corrected chi connectivity index (χ2v) is 6.47. The van der Waals surface area contributed by atoms with Crippen LogP contribution in [-0.4, -0.2) is 37.6 Å². The van der Waals surface area contributed by atoms with Crippen LogP contribution in [0.5, 0.6) is 0 Å². The Kier molecular flexibility index (Phi) is 5.17. The number of hydrogen-bond acceptors (Lipinski definition) is 2. The van der Waals surface area contributed by atoms with E-state index in [2.05, 4.69) is 78.1 Å². The molecule has 0 aromatic heterocycles. The van der Waals surface area contributed by atoms with E-state index in [-0.39, 0.29) is 5.54 Å². The molecule has 1 aromatic carbocycles. The summed E-state index contributed by atoms with van der Waals surface area (Å²) in [6.07, 6.45) is 1.07. The maximum Gasteiger partial charge on any atom is 0.0303 e. The lowest BCUT2D eigenvalue weighted by Crippen LogP contribution is -2.55. The van der Waals surface area contributed by atoms with Gasteiger partial charge in [0.15, 0.2) is 0 Å². The minimum absolute atomic E-state index is 0.124. The number of nitrogens with one attached hydrogen (secondary N) is 1. The van der Waals surface area contributed by atoms with Crippen molar-refractivity contribution in [3.8, 4) is 0 Å². The first-order valence-corrected chi connectivity index (χ1v) is 7.11. The van der Waals surface area contributed by atoms with Gasteiger partial charge < -0.3 is 10.2 Å². The van der Waals surface area contributed by atoms with Gasteiger partial charge in [-0.2, -0.15) is 0 Å². The van der Waals surface area contributed by atoms with Gasteiger partial charge in [-0.05, 0) is 78.9 Å². The molecule has 0 aliphatic rings. The van der Waals surface area contributed by atoms with Gasteiger partial charge in [0.25, 0.3) is 0 Å². The second kappa shape index (κ2) is 6.06. The molecule has 19 heavy (non-hydrogen) atoms. The Morgan fingerprint density at radius 3 is 1.95 bits per heavy atom. The summed E-state index contributed by atoms with van der Waals surface area (Å²) in [7, 11) is 6.37. The van der Waals surface area contributed by atoms with Crippen molar-refractivity contribution in [1.29, 1.82) is 0 Å². The Morgan fingerprint density at radius 1 is 1.11 bits per heavy atom. The fraction of sp³-hybridized carbons (Fsp3) is 0.647. The SMILES string of the molecule is CNC(Cc1c(C)cc(C)cc1C)C(C)(C)N(C)C. The monoisotopic (exact) mass is 262 g/mol. The van der Waals surface area contributed by atoms with Gasteiger partial charge in [-0.15, -0.1) is 0 Å². The van der Waals surface area contributed by atoms with Crippen molar-refractivity contribution in [2.45, 2.75) is 52.6 Å². The van der Waals surface area contributed by atoms with E-state index in [1.807, 2.05) is 0 Å². The van der Waals surface area contributed by atoms with Crippen LogP contribution in [0.3, 0.4) is 0 Å². The van der Waals surface area contributed by atoms with Gasteiger partial charge in [0.1, 0.15) is 0 Å². The van der Waals surface area contributed by atoms with Crippen molar-refractivity contribution >= 4 is 0 Å². The summed E-state index contributed by atoms with van der Waals surface area (Å²) < 4.78 is 0. The third-order valence-electron chi connectivity index (χ3n) is 4.60. The number of hydrogen-bond donors (Lipinski definition) is 1. The van der Waals surface area contributed by atoms with E-state index in [1.165, 1.54) is 22.3 Å². The van der Waals surface area contributed by atoms with E-state index in [1.54, 1.807) is 0 Å². The average Bonchev–Trinajstić information content (AvgIpc) is 2.27. The van der Waals surface area contributed by atoms with Crippen LogP contribution >= 0.6 is 0 Å². The summed E-state index contributed by atoms with van der Waals surface area (Å²) in [4.78, 5) is 2.30. The topological polar surface area (TPSA) is 15.3 Å². The fourth-order valence-corrected chi connectivity index (χ4v) is 2.75. The van der Waals surface area contributed by atoms with Gasteiger partial charge in [-0.25, -0.2) is 0 Å². The quantitative estimate of drug-likeness (QED) is 0.877. The molecular weight excluding hydrogens is 232 g/mol. The summed E-state index contributed by atoms with van der Waals surface area (Å²) in [6, 6.07) is 5.01. The molecule has 0 aliphatic carbocycles. The molecule has 0 heterocycles. The molecule has 1 unspecified atom stereocenters. The molecule has 2 nitrogen and oxygen atoms in total. The highest BCUT2D eigenvalue weighted by atomic mass is 15.2. The standard InChI is InChI=1S/C17H30N2/c1-12-9-13(2)15(14(3)10-12)11-16(18-6)17(4,5)19(7)8/h9-10,16,18H,11H2,1-8H3. The summed E-state index contributed by atoms with van der Waals surface area (Å²) in [5.74, 6) is 0. The maximum atomic E-state index is 3.50. The smallest absolute Gasteiger partial charge is 0.0303 e. The van der Waals surface area contributed by atoms with Crippen molar-refractivity contribution in [1.82, 2.24) is 10.2 Å². The third kappa shape index (κ3) is 3.58. The molecule has 0 saturated carbocycles. The van der Waals surface area contributed by atoms with Crippen molar-refractivity contribution in [3.63, 3.8) is 0 Å². The van der Waals surface area contributed by atoms with E-state index in [0.717, 1.165) is 6.42 Å². The zero-order chi connectivity index (χ0) is 14.8. The second-order valence-electron chi connectivity index (χ2n) is 6.47. The van der Waals surface area contributed by atoms with Gasteiger partial charge in [0.2, 0.25) is 0 Å². The fourth-order valence-electron chi connectivity index (χ4n) is 2.75. The lowest BCUT2D eigenvalue weighted by molar-refractivity contribution is 0.141. The molecule has 0 aliphatic heterocycles. The van der Waals surface area contributed by atoms with Crippen LogP contribution in [0, 0.1) is 20.8 Å². The molecule has 0 saturated heterocycles. The molecule has 0 radical (unpaired) electrons. The number of benzene rings is 1. The molecule has 0 fully saturated rings. The Hall–Kier alpha value is -0.860. The highest BCUT2D eigenvalue weighted by Gasteiger charge is 2.31. The highest BCUT2D eigenvalue weighted by Crippen LogP contribution is 2.24. The summed E-state index contributed by atoms with van der Waals surface area (Å²) in [5.41, 5.74) is 5.78. The average molecular weight is 262 g/mol. The molecule has 1 aromatic rings. The van der Waals surface area contributed by atoms with Crippen molar-refractivity contribution < 1.29 is 0 Å². The van der Waals surface area contributed by atoms with Crippen LogP contribution in [-0.2, 0) is 6.42 Å². The van der Waals surface area contributed by atoms with Crippen LogP contribution in [0.2, 0.25) is 0 Å². The van der Waals surface area contributed by atoms with E-state index >= 15 is 0 Å². The first kappa shape index (κ1) is 16.2. The first-order chi connectivity index (χ1) is 8.70. The molecule has 1 N–H and O–H groups in total. The van der Waals surface area contributed by atoms with E-state index in [4.69, 9.17) is 0 Å². The van der Waals surface area contributed by atoms with Crippen LogP contribution in [0.15, 0.2) is 12.1 Å². The van der Waals surface area contributed by atoms with Gasteiger partial charge >= 0.3 is 0 Å². The summed E-state index contributed by atoms with van der Waals surface area (Å²) in [6.45, 7) is 11.2. The molecule has 1 atom stereocenters. The number of rotatable bonds is 5. The normalized spacial score (nSPS) is 13.9. The van der Waals surface area contributed by atoms with E-state index in [9.17, 15) is 0 Å². The Labute approximate surface area is 119 Å². The summed E-state index contributed by atoms with van der Waals surface area (Å²) in [5, 5.41) is 3.50. The van der Waals surface area contributed by atoms with E-state index < -0.39 is 0 Å². The molecule has 0 bridgehead atoms. The lowest BCUT2D eigenvalue weighted by Gasteiger charge is -2.40. The molecule has 2 heteroatoms. The first-order valence-electron chi connectivity index (χ1n) is 7.11. The predicted octanol–water partition coefficient (Wildman–Crippen LogP) is 3.08. The minimum atomic E-state index is 0.124. The molecule has 1 rings (SSSR count). The van der Waals surface area contributed by atoms with Crippen LogP contribution < -0.4 is 5.32 Å². The molecule has 0 amide bonds. The predicted molar refractivity (Wildman–Crippen MR) is 85.0 cm³/mol. The van der Waals surface area contributed by atoms with Gasteiger partial charge in [-0.3, -0.25) is 0 Å². The van der Waals surface area contributed by atoms with Gasteiger partial charge in [-0.1, -0.05) is 17.7 Å². The maximum absolute atomic E-state index is 3.50. The Morgan fingerprint density at radius 2 is 1.58 bits per heavy atom. The van der Waals surface area contributed by atoms with Crippen LogP contribution in [0.1, 0.15) is 36.1 Å². The molecule has 108 valence electrons. The van der Waals surface area contributed by atoms with Gasteiger partial charge in [0.05, 0.1) is 0 Å². The van der Waals surface area contributed by atoms with E-state index in [0.29, 0.717) is 6.04 Å². The number of likely N-dealkylation sites (N-methyl/N-ethyl adjacent to an activating group) is 2. The lowest BCUT2D eigenvalue weighted by atomic mass is 9.85. The largest absolute Gasteiger partial charge is 0.315 e. The number of nitrogens with zero attached hydrogens (tertiary/aromatic N) is 1. The molecular formula is C17H30N2. The minimum Gasteiger partial charge on any atom is -0.315 e. The Balaban J connectivity index is 3.07. The van der Waals surface area contributed by atoms with Crippen molar-refractivity contribution in [2.24, 2.45) is 0 Å². The zero-order valence-electron chi connectivity index (χ0n) is 13.9. The van der Waals surface area contributed by atoms with Crippen LogP contribution in [0.4, 0.5) is 0 Å². The highest BCUT2D eigenvalue weighted by molar-refractivity contribution is 5.38. The Bertz CT molecular complexity index is 410. The number of aryl methyl sites for hydroxylation is 3. The van der Waals surface area contributed by atoms with Crippen molar-refractivity contribution in [3.05, 3.63) is 34.4 Å². The van der Waals surface area contributed by atoms with Crippen LogP contribution in [0.25, 0.3) is 0 Å². The zero-order valence-corrected chi connectivity index (χ0v) is 13.9. The third-order valence-corrected chi connectivity index (χ3v) is 4.60. The summed E-state index contributed by atoms with van der Waals surface area (Å²) >= 11 is 0. The van der Waals surface area contributed by atoms with Crippen molar-refractivity contribution in [2.75, 3.05) is 21.1 Å².